The van der Waals surface area contributed by atoms with Gasteiger partial charge in [-0.1, -0.05) is 0 Å². The predicted molar refractivity (Wildman–Crippen MR) is 63.1 cm³/mol. The van der Waals surface area contributed by atoms with Crippen LogP contribution in [0.15, 0.2) is 23.4 Å². The Hall–Kier alpha value is -2.02. The van der Waals surface area contributed by atoms with E-state index in [0.29, 0.717) is 11.4 Å². The average molecular weight is 238 g/mol. The lowest BCUT2D eigenvalue weighted by Crippen LogP contribution is -2.24. The molecule has 0 fully saturated rings. The molecule has 1 aromatic heterocycles. The fourth-order valence-corrected chi connectivity index (χ4v) is 0.909. The number of esters is 1. The Kier molecular flexibility index (Phi) is 4.34. The van der Waals surface area contributed by atoms with Crippen LogP contribution in [-0.4, -0.2) is 22.3 Å². The van der Waals surface area contributed by atoms with Crippen LogP contribution >= 0.6 is 12.2 Å². The highest BCUT2D eigenvalue weighted by molar-refractivity contribution is 7.80. The summed E-state index contributed by atoms with van der Waals surface area (Å²) in [5.41, 5.74) is 8.14. The van der Waals surface area contributed by atoms with Gasteiger partial charge in [0.25, 0.3) is 0 Å². The van der Waals surface area contributed by atoms with Crippen molar-refractivity contribution in [3.05, 3.63) is 24.0 Å². The lowest BCUT2D eigenvalue weighted by atomic mass is 10.3. The van der Waals surface area contributed by atoms with Gasteiger partial charge in [0.05, 0.1) is 18.1 Å². The monoisotopic (exact) mass is 238 g/mol. The number of nitrogens with one attached hydrogen (secondary N) is 1. The number of carbonyl (C=O) groups excluding carboxylic acids is 1. The van der Waals surface area contributed by atoms with E-state index >= 15 is 0 Å². The first-order valence-corrected chi connectivity index (χ1v) is 4.72. The highest BCUT2D eigenvalue weighted by Gasteiger charge is 1.97. The smallest absolute Gasteiger partial charge is 0.308 e. The summed E-state index contributed by atoms with van der Waals surface area (Å²) in [7, 11) is 0. The van der Waals surface area contributed by atoms with Gasteiger partial charge in [-0.2, -0.15) is 5.10 Å². The van der Waals surface area contributed by atoms with E-state index in [4.69, 9.17) is 10.5 Å². The molecule has 6 nitrogen and oxygen atoms in total. The number of nitrogens with zero attached hydrogens (tertiary/aromatic N) is 2. The largest absolute Gasteiger partial charge is 0.425 e. The van der Waals surface area contributed by atoms with Crippen LogP contribution in [0, 0.1) is 0 Å². The molecular formula is C9H10N4O2S. The maximum absolute atomic E-state index is 10.6. The first-order valence-electron chi connectivity index (χ1n) is 4.31. The van der Waals surface area contributed by atoms with Gasteiger partial charge in [0.15, 0.2) is 5.11 Å². The van der Waals surface area contributed by atoms with Crippen molar-refractivity contribution < 1.29 is 9.53 Å². The van der Waals surface area contributed by atoms with Crippen molar-refractivity contribution in [1.29, 1.82) is 0 Å². The first kappa shape index (κ1) is 12.1. The molecule has 0 unspecified atom stereocenters. The van der Waals surface area contributed by atoms with Gasteiger partial charge in [0, 0.05) is 6.92 Å². The summed E-state index contributed by atoms with van der Waals surface area (Å²) in [6.45, 7) is 1.32. The van der Waals surface area contributed by atoms with Crippen LogP contribution < -0.4 is 15.9 Å². The molecule has 0 aliphatic rings. The summed E-state index contributed by atoms with van der Waals surface area (Å²) in [5.74, 6) is -0.00896. The maximum atomic E-state index is 10.6. The zero-order chi connectivity index (χ0) is 12.0. The van der Waals surface area contributed by atoms with Crippen molar-refractivity contribution in [1.82, 2.24) is 10.4 Å². The van der Waals surface area contributed by atoms with Crippen LogP contribution in [-0.2, 0) is 4.79 Å². The number of ether oxygens (including phenoxy) is 1. The lowest BCUT2D eigenvalue weighted by molar-refractivity contribution is -0.131. The summed E-state index contributed by atoms with van der Waals surface area (Å²) < 4.78 is 4.81. The number of carbonyl (C=O) groups is 1. The van der Waals surface area contributed by atoms with E-state index in [9.17, 15) is 4.79 Å². The number of nitrogens with two attached hydrogens (primary N) is 1. The van der Waals surface area contributed by atoms with Crippen molar-refractivity contribution in [2.24, 2.45) is 10.8 Å². The Labute approximate surface area is 97.5 Å². The molecule has 0 aliphatic carbocycles. The standard InChI is InChI=1S/C9H10N4O2S/c1-6(14)15-8-3-2-7(11-5-8)4-12-13-9(10)16/h2-5H,1H3,(H3,10,13,16). The van der Waals surface area contributed by atoms with Crippen LogP contribution in [0.25, 0.3) is 0 Å². The van der Waals surface area contributed by atoms with Gasteiger partial charge in [-0.25, -0.2) is 0 Å². The fraction of sp³-hybridized carbons (Fsp3) is 0.111. The van der Waals surface area contributed by atoms with E-state index < -0.39 is 5.97 Å². The van der Waals surface area contributed by atoms with Gasteiger partial charge in [-0.3, -0.25) is 15.2 Å². The number of hydrazone groups is 1. The summed E-state index contributed by atoms with van der Waals surface area (Å²) in [4.78, 5) is 14.6. The second-order valence-electron chi connectivity index (χ2n) is 2.75. The number of hydrogen-bond donors (Lipinski definition) is 2. The van der Waals surface area contributed by atoms with Crippen LogP contribution in [0.2, 0.25) is 0 Å². The zero-order valence-electron chi connectivity index (χ0n) is 8.51. The van der Waals surface area contributed by atoms with Crippen molar-refractivity contribution in [2.75, 3.05) is 0 Å². The Balaban J connectivity index is 2.60. The SMILES string of the molecule is CC(=O)Oc1ccc(C=NNC(N)=S)nc1. The van der Waals surface area contributed by atoms with Gasteiger partial charge in [-0.05, 0) is 24.4 Å². The van der Waals surface area contributed by atoms with E-state index in [1.54, 1.807) is 12.1 Å². The van der Waals surface area contributed by atoms with E-state index in [1.807, 2.05) is 0 Å². The third-order valence-electron chi connectivity index (χ3n) is 1.39. The number of aromatic nitrogens is 1. The van der Waals surface area contributed by atoms with Gasteiger partial charge in [0.1, 0.15) is 5.75 Å². The third-order valence-corrected chi connectivity index (χ3v) is 1.48. The molecule has 16 heavy (non-hydrogen) atoms. The van der Waals surface area contributed by atoms with Crippen LogP contribution in [0.4, 0.5) is 0 Å². The molecule has 0 saturated heterocycles. The van der Waals surface area contributed by atoms with Crippen molar-refractivity contribution >= 4 is 29.5 Å². The Bertz CT molecular complexity index is 416. The molecule has 0 atom stereocenters. The second kappa shape index (κ2) is 5.76. The van der Waals surface area contributed by atoms with Crippen LogP contribution in [0.5, 0.6) is 5.75 Å². The summed E-state index contributed by atoms with van der Waals surface area (Å²) >= 11 is 4.55. The van der Waals surface area contributed by atoms with E-state index in [0.717, 1.165) is 0 Å². The van der Waals surface area contributed by atoms with Crippen LogP contribution in [0.3, 0.4) is 0 Å². The lowest BCUT2D eigenvalue weighted by Gasteiger charge is -1.99. The fourth-order valence-electron chi connectivity index (χ4n) is 0.856. The molecule has 0 spiro atoms. The maximum Gasteiger partial charge on any atom is 0.308 e. The number of thiocarbonyl (C=S) groups is 1. The molecule has 3 N–H and O–H groups in total. The predicted octanol–water partition coefficient (Wildman–Crippen LogP) is 0.174. The Morgan fingerprint density at radius 3 is 2.94 bits per heavy atom. The molecule has 0 aliphatic heterocycles. The minimum absolute atomic E-state index is 0.0767. The molecule has 0 saturated carbocycles. The molecule has 0 amide bonds. The van der Waals surface area contributed by atoms with E-state index in [-0.39, 0.29) is 5.11 Å². The minimum Gasteiger partial charge on any atom is -0.425 e. The average Bonchev–Trinajstić information content (AvgIpc) is 2.19. The van der Waals surface area contributed by atoms with Gasteiger partial charge >= 0.3 is 5.97 Å². The number of hydrogen-bond acceptors (Lipinski definition) is 5. The Morgan fingerprint density at radius 1 is 1.69 bits per heavy atom. The van der Waals surface area contributed by atoms with Crippen molar-refractivity contribution in [3.63, 3.8) is 0 Å². The summed E-state index contributed by atoms with van der Waals surface area (Å²) in [6.07, 6.45) is 2.86. The summed E-state index contributed by atoms with van der Waals surface area (Å²) in [5, 5.41) is 3.80. The third kappa shape index (κ3) is 4.47. The molecule has 1 rings (SSSR count). The topological polar surface area (TPSA) is 89.6 Å². The number of pyridine rings is 1. The molecule has 7 heteroatoms. The van der Waals surface area contributed by atoms with E-state index in [2.05, 4.69) is 27.7 Å². The molecule has 1 aromatic rings. The molecule has 84 valence electrons. The quantitative estimate of drug-likeness (QED) is 0.338. The molecule has 0 radical (unpaired) electrons. The second-order valence-corrected chi connectivity index (χ2v) is 3.19. The summed E-state index contributed by atoms with van der Waals surface area (Å²) in [6, 6.07) is 3.25. The molecule has 0 bridgehead atoms. The van der Waals surface area contributed by atoms with Gasteiger partial charge in [-0.15, -0.1) is 0 Å². The van der Waals surface area contributed by atoms with Crippen molar-refractivity contribution in [3.8, 4) is 5.75 Å². The normalized spacial score (nSPS) is 10.1. The molecule has 0 aromatic carbocycles. The first-order chi connectivity index (χ1) is 7.58. The van der Waals surface area contributed by atoms with Crippen molar-refractivity contribution in [2.45, 2.75) is 6.92 Å². The highest BCUT2D eigenvalue weighted by Crippen LogP contribution is 2.07. The highest BCUT2D eigenvalue weighted by atomic mass is 32.1. The Morgan fingerprint density at radius 2 is 2.44 bits per heavy atom. The zero-order valence-corrected chi connectivity index (χ0v) is 9.32. The minimum atomic E-state index is -0.390. The van der Waals surface area contributed by atoms with Gasteiger partial charge < -0.3 is 10.5 Å². The molecular weight excluding hydrogens is 228 g/mol. The molecule has 1 heterocycles. The van der Waals surface area contributed by atoms with Gasteiger partial charge in [0.2, 0.25) is 0 Å². The van der Waals surface area contributed by atoms with Crippen LogP contribution in [0.1, 0.15) is 12.6 Å². The van der Waals surface area contributed by atoms with E-state index in [1.165, 1.54) is 19.3 Å². The number of rotatable bonds is 3.